The summed E-state index contributed by atoms with van der Waals surface area (Å²) < 4.78 is 5.89. The largest absolute Gasteiger partial charge is 0.493 e. The fourth-order valence-corrected chi connectivity index (χ4v) is 2.49. The fourth-order valence-electron chi connectivity index (χ4n) is 2.49. The van der Waals surface area contributed by atoms with E-state index in [1.807, 2.05) is 32.3 Å². The molecule has 118 valence electrons. The van der Waals surface area contributed by atoms with E-state index >= 15 is 0 Å². The molecule has 0 aliphatic heterocycles. The minimum absolute atomic E-state index is 0.334. The lowest BCUT2D eigenvalue weighted by atomic mass is 9.96. The number of ether oxygens (including phenoxy) is 1. The molecule has 0 bridgehead atoms. The van der Waals surface area contributed by atoms with Crippen molar-refractivity contribution in [2.24, 2.45) is 5.73 Å². The number of nitrogens with zero attached hydrogens (tertiary/aromatic N) is 1. The summed E-state index contributed by atoms with van der Waals surface area (Å²) in [5, 5.41) is 0. The highest BCUT2D eigenvalue weighted by atomic mass is 16.5. The Balaban J connectivity index is 1.93. The maximum Gasteiger partial charge on any atom is 0.122 e. The maximum atomic E-state index is 5.95. The fraction of sp³-hybridized carbons (Fsp3) is 0.368. The molecule has 22 heavy (non-hydrogen) atoms. The van der Waals surface area contributed by atoms with Crippen molar-refractivity contribution in [3.05, 3.63) is 59.7 Å². The summed E-state index contributed by atoms with van der Waals surface area (Å²) >= 11 is 0. The Morgan fingerprint density at radius 1 is 1.05 bits per heavy atom. The van der Waals surface area contributed by atoms with Crippen LogP contribution in [0.3, 0.4) is 0 Å². The molecule has 2 rings (SSSR count). The third-order valence-corrected chi connectivity index (χ3v) is 3.98. The van der Waals surface area contributed by atoms with E-state index in [1.165, 1.54) is 16.8 Å². The molecule has 0 aliphatic rings. The van der Waals surface area contributed by atoms with Crippen molar-refractivity contribution < 1.29 is 4.74 Å². The van der Waals surface area contributed by atoms with E-state index in [1.54, 1.807) is 0 Å². The van der Waals surface area contributed by atoms with Gasteiger partial charge in [-0.25, -0.2) is 0 Å². The minimum Gasteiger partial charge on any atom is -0.493 e. The second-order valence-electron chi connectivity index (χ2n) is 5.82. The summed E-state index contributed by atoms with van der Waals surface area (Å²) in [5.74, 6) is 1.29. The van der Waals surface area contributed by atoms with Crippen molar-refractivity contribution in [3.8, 4) is 5.75 Å². The first-order chi connectivity index (χ1) is 10.6. The second-order valence-corrected chi connectivity index (χ2v) is 5.82. The minimum atomic E-state index is 0.334. The number of hydrogen-bond donors (Lipinski definition) is 1. The van der Waals surface area contributed by atoms with E-state index < -0.39 is 0 Å². The van der Waals surface area contributed by atoms with Crippen molar-refractivity contribution in [2.45, 2.75) is 19.3 Å². The maximum absolute atomic E-state index is 5.95. The Bertz CT molecular complexity index is 578. The predicted molar refractivity (Wildman–Crippen MR) is 93.9 cm³/mol. The van der Waals surface area contributed by atoms with Crippen LogP contribution >= 0.6 is 0 Å². The lowest BCUT2D eigenvalue weighted by molar-refractivity contribution is 0.296. The van der Waals surface area contributed by atoms with Gasteiger partial charge in [0, 0.05) is 19.8 Å². The number of rotatable bonds is 7. The predicted octanol–water partition coefficient (Wildman–Crippen LogP) is 3.57. The summed E-state index contributed by atoms with van der Waals surface area (Å²) in [6, 6.07) is 16.7. The van der Waals surface area contributed by atoms with Gasteiger partial charge in [0.05, 0.1) is 6.61 Å². The van der Waals surface area contributed by atoms with Gasteiger partial charge in [-0.1, -0.05) is 30.3 Å². The number of hydrogen-bond acceptors (Lipinski definition) is 3. The van der Waals surface area contributed by atoms with Gasteiger partial charge in [0.25, 0.3) is 0 Å². The van der Waals surface area contributed by atoms with E-state index in [0.717, 1.165) is 12.2 Å². The first kappa shape index (κ1) is 16.4. The molecule has 0 aliphatic carbocycles. The molecule has 0 aromatic heterocycles. The highest BCUT2D eigenvalue weighted by Gasteiger charge is 2.10. The van der Waals surface area contributed by atoms with Crippen LogP contribution in [0, 0.1) is 6.92 Å². The molecule has 2 aromatic rings. The van der Waals surface area contributed by atoms with Gasteiger partial charge in [-0.15, -0.1) is 0 Å². The Morgan fingerprint density at radius 2 is 1.73 bits per heavy atom. The molecule has 1 atom stereocenters. The summed E-state index contributed by atoms with van der Waals surface area (Å²) in [5.41, 5.74) is 9.60. The standard InChI is InChI=1S/C19H26N2O/c1-15-6-4-5-7-19(15)22-13-12-17(14-20)16-8-10-18(11-9-16)21(2)3/h4-11,17H,12-14,20H2,1-3H3. The molecule has 0 spiro atoms. The molecular formula is C19H26N2O. The van der Waals surface area contributed by atoms with Crippen molar-refractivity contribution >= 4 is 5.69 Å². The van der Waals surface area contributed by atoms with Crippen LogP contribution in [0.5, 0.6) is 5.75 Å². The molecule has 2 N–H and O–H groups in total. The highest BCUT2D eigenvalue weighted by Crippen LogP contribution is 2.23. The summed E-state index contributed by atoms with van der Waals surface area (Å²) in [7, 11) is 4.09. The number of anilines is 1. The van der Waals surface area contributed by atoms with Crippen LogP contribution < -0.4 is 15.4 Å². The van der Waals surface area contributed by atoms with Crippen LogP contribution in [0.1, 0.15) is 23.5 Å². The van der Waals surface area contributed by atoms with Crippen LogP contribution in [-0.2, 0) is 0 Å². The molecule has 3 heteroatoms. The van der Waals surface area contributed by atoms with Gasteiger partial charge in [-0.2, -0.15) is 0 Å². The van der Waals surface area contributed by atoms with Gasteiger partial charge >= 0.3 is 0 Å². The zero-order chi connectivity index (χ0) is 15.9. The molecule has 1 unspecified atom stereocenters. The van der Waals surface area contributed by atoms with Crippen molar-refractivity contribution in [1.29, 1.82) is 0 Å². The molecule has 0 radical (unpaired) electrons. The second kappa shape index (κ2) is 7.85. The molecule has 3 nitrogen and oxygen atoms in total. The Morgan fingerprint density at radius 3 is 2.32 bits per heavy atom. The summed E-state index contributed by atoms with van der Waals surface area (Å²) in [6.45, 7) is 3.39. The van der Waals surface area contributed by atoms with Crippen LogP contribution in [0.15, 0.2) is 48.5 Å². The molecule has 0 saturated heterocycles. The van der Waals surface area contributed by atoms with Crippen LogP contribution in [0.25, 0.3) is 0 Å². The van der Waals surface area contributed by atoms with Crippen LogP contribution in [-0.4, -0.2) is 27.2 Å². The zero-order valence-electron chi connectivity index (χ0n) is 13.8. The van der Waals surface area contributed by atoms with E-state index in [0.29, 0.717) is 19.1 Å². The third kappa shape index (κ3) is 4.25. The average Bonchev–Trinajstić information content (AvgIpc) is 2.53. The number of benzene rings is 2. The summed E-state index contributed by atoms with van der Waals surface area (Å²) in [6.07, 6.45) is 0.923. The van der Waals surface area contributed by atoms with Gasteiger partial charge in [-0.3, -0.25) is 0 Å². The lowest BCUT2D eigenvalue weighted by Gasteiger charge is -2.18. The molecule has 0 fully saturated rings. The van der Waals surface area contributed by atoms with Gasteiger partial charge in [-0.05, 0) is 55.1 Å². The average molecular weight is 298 g/mol. The van der Waals surface area contributed by atoms with Gasteiger partial charge in [0.1, 0.15) is 5.75 Å². The monoisotopic (exact) mass is 298 g/mol. The van der Waals surface area contributed by atoms with Crippen molar-refractivity contribution in [3.63, 3.8) is 0 Å². The number of aryl methyl sites for hydroxylation is 1. The normalized spacial score (nSPS) is 12.0. The Hall–Kier alpha value is -2.00. The van der Waals surface area contributed by atoms with Crippen molar-refractivity contribution in [2.75, 3.05) is 32.1 Å². The SMILES string of the molecule is Cc1ccccc1OCCC(CN)c1ccc(N(C)C)cc1. The zero-order valence-corrected chi connectivity index (χ0v) is 13.8. The first-order valence-electron chi connectivity index (χ1n) is 7.77. The summed E-state index contributed by atoms with van der Waals surface area (Å²) in [4.78, 5) is 2.10. The molecule has 2 aromatic carbocycles. The highest BCUT2D eigenvalue weighted by molar-refractivity contribution is 5.46. The Labute approximate surface area is 133 Å². The van der Waals surface area contributed by atoms with E-state index in [9.17, 15) is 0 Å². The van der Waals surface area contributed by atoms with Gasteiger partial charge < -0.3 is 15.4 Å². The van der Waals surface area contributed by atoms with Gasteiger partial charge in [0.15, 0.2) is 0 Å². The number of para-hydroxylation sites is 1. The number of nitrogens with two attached hydrogens (primary N) is 1. The molecule has 0 amide bonds. The third-order valence-electron chi connectivity index (χ3n) is 3.98. The molecule has 0 saturated carbocycles. The Kier molecular flexibility index (Phi) is 5.84. The smallest absolute Gasteiger partial charge is 0.122 e. The lowest BCUT2D eigenvalue weighted by Crippen LogP contribution is -2.16. The van der Waals surface area contributed by atoms with E-state index in [-0.39, 0.29) is 0 Å². The van der Waals surface area contributed by atoms with Crippen molar-refractivity contribution in [1.82, 2.24) is 0 Å². The molecule has 0 heterocycles. The van der Waals surface area contributed by atoms with Gasteiger partial charge in [0.2, 0.25) is 0 Å². The molecular weight excluding hydrogens is 272 g/mol. The van der Waals surface area contributed by atoms with Crippen LogP contribution in [0.2, 0.25) is 0 Å². The topological polar surface area (TPSA) is 38.5 Å². The van der Waals surface area contributed by atoms with E-state index in [2.05, 4.69) is 42.2 Å². The van der Waals surface area contributed by atoms with Crippen LogP contribution in [0.4, 0.5) is 5.69 Å². The quantitative estimate of drug-likeness (QED) is 0.849. The van der Waals surface area contributed by atoms with E-state index in [4.69, 9.17) is 10.5 Å². The first-order valence-corrected chi connectivity index (χ1v) is 7.77.